The van der Waals surface area contributed by atoms with Crippen molar-refractivity contribution in [3.8, 4) is 6.07 Å². The molecule has 1 heterocycles. The Morgan fingerprint density at radius 2 is 2.20 bits per heavy atom. The number of nitrogens with one attached hydrogen (secondary N) is 1. The maximum Gasteiger partial charge on any atom is 0.108 e. The summed E-state index contributed by atoms with van der Waals surface area (Å²) in [7, 11) is 1.80. The average molecular weight is 277 g/mol. The predicted molar refractivity (Wildman–Crippen MR) is 78.3 cm³/mol. The Morgan fingerprint density at radius 3 is 2.90 bits per heavy atom. The van der Waals surface area contributed by atoms with E-state index in [1.807, 2.05) is 0 Å². The summed E-state index contributed by atoms with van der Waals surface area (Å²) in [5, 5.41) is 13.2. The van der Waals surface area contributed by atoms with Crippen LogP contribution in [-0.4, -0.2) is 49.3 Å². The van der Waals surface area contributed by atoms with Crippen molar-refractivity contribution in [3.05, 3.63) is 0 Å². The number of hydrogen-bond acceptors (Lipinski definition) is 4. The van der Waals surface area contributed by atoms with Gasteiger partial charge in [0, 0.05) is 25.7 Å². The summed E-state index contributed by atoms with van der Waals surface area (Å²) in [4.78, 5) is 2.63. The molecule has 3 rings (SSSR count). The van der Waals surface area contributed by atoms with Crippen molar-refractivity contribution in [3.63, 3.8) is 0 Å². The van der Waals surface area contributed by atoms with E-state index in [2.05, 4.69) is 16.3 Å². The van der Waals surface area contributed by atoms with E-state index >= 15 is 0 Å². The standard InChI is InChI=1S/C16H27N3O/c1-20-11-13-3-2-8-19(10-13)15-6-7-16(9-15,12-17)18-14-4-5-14/h13-15,18H,2-11H2,1H3. The Balaban J connectivity index is 1.57. The second kappa shape index (κ2) is 6.01. The van der Waals surface area contributed by atoms with Crippen LogP contribution in [0.1, 0.15) is 44.9 Å². The first kappa shape index (κ1) is 14.3. The highest BCUT2D eigenvalue weighted by atomic mass is 16.5. The highest BCUT2D eigenvalue weighted by Gasteiger charge is 2.44. The molecular formula is C16H27N3O. The van der Waals surface area contributed by atoms with Gasteiger partial charge >= 0.3 is 0 Å². The fourth-order valence-corrected chi connectivity index (χ4v) is 4.02. The van der Waals surface area contributed by atoms with Gasteiger partial charge in [0.25, 0.3) is 0 Å². The molecule has 0 spiro atoms. The first-order valence-corrected chi connectivity index (χ1v) is 8.16. The van der Waals surface area contributed by atoms with Crippen molar-refractivity contribution < 1.29 is 4.74 Å². The van der Waals surface area contributed by atoms with Crippen LogP contribution in [0.4, 0.5) is 0 Å². The second-order valence-corrected chi connectivity index (χ2v) is 6.97. The van der Waals surface area contributed by atoms with Crippen molar-refractivity contribution in [1.82, 2.24) is 10.2 Å². The fraction of sp³-hybridized carbons (Fsp3) is 0.938. The molecule has 112 valence electrons. The predicted octanol–water partition coefficient (Wildman–Crippen LogP) is 1.91. The van der Waals surface area contributed by atoms with Gasteiger partial charge in [-0.1, -0.05) is 0 Å². The van der Waals surface area contributed by atoms with Gasteiger partial charge in [0.05, 0.1) is 12.7 Å². The minimum absolute atomic E-state index is 0.236. The Kier molecular flexibility index (Phi) is 4.30. The molecule has 0 aromatic carbocycles. The first-order valence-electron chi connectivity index (χ1n) is 8.16. The lowest BCUT2D eigenvalue weighted by Gasteiger charge is -2.37. The van der Waals surface area contributed by atoms with Gasteiger partial charge in [-0.2, -0.15) is 5.26 Å². The van der Waals surface area contributed by atoms with Gasteiger partial charge in [0.15, 0.2) is 0 Å². The first-order chi connectivity index (χ1) is 9.74. The van der Waals surface area contributed by atoms with Crippen LogP contribution in [0.5, 0.6) is 0 Å². The van der Waals surface area contributed by atoms with E-state index in [4.69, 9.17) is 4.74 Å². The Hall–Kier alpha value is -0.630. The lowest BCUT2D eigenvalue weighted by molar-refractivity contribution is 0.0681. The van der Waals surface area contributed by atoms with Crippen molar-refractivity contribution >= 4 is 0 Å². The van der Waals surface area contributed by atoms with Gasteiger partial charge in [-0.3, -0.25) is 10.2 Å². The molecule has 3 unspecified atom stereocenters. The minimum atomic E-state index is -0.236. The van der Waals surface area contributed by atoms with Gasteiger partial charge in [-0.05, 0) is 57.4 Å². The summed E-state index contributed by atoms with van der Waals surface area (Å²) >= 11 is 0. The number of piperidine rings is 1. The van der Waals surface area contributed by atoms with E-state index in [0.29, 0.717) is 18.0 Å². The maximum atomic E-state index is 9.59. The number of methoxy groups -OCH3 is 1. The number of nitriles is 1. The highest BCUT2D eigenvalue weighted by Crippen LogP contribution is 2.37. The monoisotopic (exact) mass is 277 g/mol. The largest absolute Gasteiger partial charge is 0.384 e. The molecule has 2 saturated carbocycles. The van der Waals surface area contributed by atoms with Crippen LogP contribution >= 0.6 is 0 Å². The highest BCUT2D eigenvalue weighted by molar-refractivity contribution is 5.15. The molecule has 3 aliphatic rings. The van der Waals surface area contributed by atoms with Crippen LogP contribution in [0.25, 0.3) is 0 Å². The molecule has 0 radical (unpaired) electrons. The maximum absolute atomic E-state index is 9.59. The van der Waals surface area contributed by atoms with Crippen LogP contribution in [0, 0.1) is 17.2 Å². The van der Waals surface area contributed by atoms with Gasteiger partial charge < -0.3 is 4.74 Å². The fourth-order valence-electron chi connectivity index (χ4n) is 4.02. The summed E-state index contributed by atoms with van der Waals surface area (Å²) in [5.41, 5.74) is -0.236. The smallest absolute Gasteiger partial charge is 0.108 e. The molecular weight excluding hydrogens is 250 g/mol. The molecule has 0 amide bonds. The molecule has 4 heteroatoms. The number of rotatable bonds is 5. The molecule has 0 bridgehead atoms. The summed E-state index contributed by atoms with van der Waals surface area (Å²) in [6.07, 6.45) is 8.30. The van der Waals surface area contributed by atoms with Crippen molar-refractivity contribution in [1.29, 1.82) is 5.26 Å². The van der Waals surface area contributed by atoms with Crippen LogP contribution in [-0.2, 0) is 4.74 Å². The molecule has 0 aromatic rings. The van der Waals surface area contributed by atoms with Crippen molar-refractivity contribution in [2.24, 2.45) is 5.92 Å². The SMILES string of the molecule is COCC1CCCN(C2CCC(C#N)(NC3CC3)C2)C1. The van der Waals surface area contributed by atoms with Crippen molar-refractivity contribution in [2.75, 3.05) is 26.8 Å². The van der Waals surface area contributed by atoms with E-state index < -0.39 is 0 Å². The van der Waals surface area contributed by atoms with Gasteiger partial charge in [-0.15, -0.1) is 0 Å². The molecule has 1 aliphatic heterocycles. The molecule has 4 nitrogen and oxygen atoms in total. The molecule has 0 aromatic heterocycles. The lowest BCUT2D eigenvalue weighted by atomic mass is 9.95. The third-order valence-electron chi connectivity index (χ3n) is 5.23. The quantitative estimate of drug-likeness (QED) is 0.834. The molecule has 3 atom stereocenters. The Labute approximate surface area is 122 Å². The number of nitrogens with zero attached hydrogens (tertiary/aromatic N) is 2. The van der Waals surface area contributed by atoms with Crippen LogP contribution in [0.3, 0.4) is 0 Å². The third-order valence-corrected chi connectivity index (χ3v) is 5.23. The van der Waals surface area contributed by atoms with Crippen LogP contribution < -0.4 is 5.32 Å². The Bertz CT molecular complexity index is 374. The summed E-state index contributed by atoms with van der Waals surface area (Å²) in [5.74, 6) is 0.683. The molecule has 1 N–H and O–H groups in total. The summed E-state index contributed by atoms with van der Waals surface area (Å²) < 4.78 is 5.32. The minimum Gasteiger partial charge on any atom is -0.384 e. The second-order valence-electron chi connectivity index (χ2n) is 6.97. The molecule has 20 heavy (non-hydrogen) atoms. The summed E-state index contributed by atoms with van der Waals surface area (Å²) in [6.45, 7) is 3.24. The average Bonchev–Trinajstić information content (AvgIpc) is 3.17. The van der Waals surface area contributed by atoms with Crippen molar-refractivity contribution in [2.45, 2.75) is 62.6 Å². The van der Waals surface area contributed by atoms with E-state index in [1.165, 1.54) is 38.6 Å². The zero-order chi connectivity index (χ0) is 14.0. The zero-order valence-electron chi connectivity index (χ0n) is 12.6. The summed E-state index contributed by atoms with van der Waals surface area (Å²) in [6, 6.07) is 3.81. The van der Waals surface area contributed by atoms with Crippen LogP contribution in [0.15, 0.2) is 0 Å². The lowest BCUT2D eigenvalue weighted by Crippen LogP contribution is -2.47. The Morgan fingerprint density at radius 1 is 1.35 bits per heavy atom. The van der Waals surface area contributed by atoms with E-state index in [9.17, 15) is 5.26 Å². The zero-order valence-corrected chi connectivity index (χ0v) is 12.6. The normalized spacial score (nSPS) is 38.8. The third kappa shape index (κ3) is 3.16. The van der Waals surface area contributed by atoms with Gasteiger partial charge in [0.2, 0.25) is 0 Å². The van der Waals surface area contributed by atoms with Gasteiger partial charge in [-0.25, -0.2) is 0 Å². The molecule has 3 fully saturated rings. The number of hydrogen-bond donors (Lipinski definition) is 1. The number of likely N-dealkylation sites (tertiary alicyclic amines) is 1. The number of ether oxygens (including phenoxy) is 1. The van der Waals surface area contributed by atoms with E-state index in [-0.39, 0.29) is 5.54 Å². The van der Waals surface area contributed by atoms with Crippen LogP contribution in [0.2, 0.25) is 0 Å². The van der Waals surface area contributed by atoms with E-state index in [1.54, 1.807) is 7.11 Å². The molecule has 1 saturated heterocycles. The molecule has 2 aliphatic carbocycles. The van der Waals surface area contributed by atoms with Gasteiger partial charge in [0.1, 0.15) is 5.54 Å². The van der Waals surface area contributed by atoms with E-state index in [0.717, 1.165) is 26.0 Å². The topological polar surface area (TPSA) is 48.3 Å².